The Morgan fingerprint density at radius 1 is 1.04 bits per heavy atom. The summed E-state index contributed by atoms with van der Waals surface area (Å²) >= 11 is 1.26. The first-order valence-electron chi connectivity index (χ1n) is 8.16. The van der Waals surface area contributed by atoms with Crippen LogP contribution in [0, 0.1) is 0 Å². The lowest BCUT2D eigenvalue weighted by molar-refractivity contribution is -0.274. The van der Waals surface area contributed by atoms with Crippen LogP contribution in [0.1, 0.15) is 17.6 Å². The maximum atomic E-state index is 12.2. The minimum absolute atomic E-state index is 0.254. The molecule has 6 nitrogen and oxygen atoms in total. The van der Waals surface area contributed by atoms with Crippen molar-refractivity contribution < 1.29 is 31.8 Å². The number of ether oxygens (including phenoxy) is 3. The molecule has 1 aromatic heterocycles. The Bertz CT molecular complexity index is 947. The van der Waals surface area contributed by atoms with Crippen LogP contribution in [0.15, 0.2) is 58.2 Å². The lowest BCUT2D eigenvalue weighted by Crippen LogP contribution is -2.21. The summed E-state index contributed by atoms with van der Waals surface area (Å²) in [6, 6.07) is 12.9. The molecule has 0 bridgehead atoms. The molecule has 10 heteroatoms. The maximum Gasteiger partial charge on any atom is 0.573 e. The molecular formula is C18H13F3N2O4S. The predicted octanol–water partition coefficient (Wildman–Crippen LogP) is 4.77. The predicted molar refractivity (Wildman–Crippen MR) is 92.3 cm³/mol. The molecule has 0 fully saturated rings. The number of fused-ring (bicyclic) bond motifs is 1. The number of hydrogen-bond donors (Lipinski definition) is 0. The summed E-state index contributed by atoms with van der Waals surface area (Å²) in [6.07, 6.45) is -5.21. The second-order valence-corrected chi connectivity index (χ2v) is 6.68. The monoisotopic (exact) mass is 410 g/mol. The lowest BCUT2D eigenvalue weighted by atomic mass is 10.2. The highest BCUT2D eigenvalue weighted by atomic mass is 32.2. The summed E-state index contributed by atoms with van der Waals surface area (Å²) in [5.41, 5.74) is 0.783. The number of aromatic nitrogens is 2. The minimum atomic E-state index is -4.71. The molecule has 1 atom stereocenters. The van der Waals surface area contributed by atoms with Gasteiger partial charge >= 0.3 is 6.36 Å². The van der Waals surface area contributed by atoms with E-state index in [9.17, 15) is 13.2 Å². The number of thioether (sulfide) groups is 1. The molecule has 0 amide bonds. The summed E-state index contributed by atoms with van der Waals surface area (Å²) in [6.45, 7) is 0.254. The van der Waals surface area contributed by atoms with Crippen LogP contribution in [0.2, 0.25) is 0 Å². The molecule has 146 valence electrons. The normalized spacial score (nSPS) is 16.0. The van der Waals surface area contributed by atoms with Crippen LogP contribution in [0.5, 0.6) is 17.2 Å². The van der Waals surface area contributed by atoms with Crippen LogP contribution in [0.4, 0.5) is 13.2 Å². The van der Waals surface area contributed by atoms with Gasteiger partial charge in [0.2, 0.25) is 6.10 Å². The van der Waals surface area contributed by atoms with Crippen molar-refractivity contribution in [1.29, 1.82) is 0 Å². The fourth-order valence-electron chi connectivity index (χ4n) is 2.48. The van der Waals surface area contributed by atoms with Crippen LogP contribution in [0.25, 0.3) is 0 Å². The number of nitrogens with zero attached hydrogens (tertiary/aromatic N) is 2. The Morgan fingerprint density at radius 3 is 2.54 bits per heavy atom. The van der Waals surface area contributed by atoms with E-state index in [1.54, 1.807) is 18.2 Å². The molecule has 0 N–H and O–H groups in total. The molecule has 1 aliphatic rings. The van der Waals surface area contributed by atoms with Crippen molar-refractivity contribution in [2.45, 2.75) is 23.4 Å². The summed E-state index contributed by atoms with van der Waals surface area (Å²) in [5.74, 6) is 1.74. The van der Waals surface area contributed by atoms with Crippen molar-refractivity contribution in [1.82, 2.24) is 10.2 Å². The van der Waals surface area contributed by atoms with Gasteiger partial charge in [-0.25, -0.2) is 0 Å². The molecular weight excluding hydrogens is 397 g/mol. The molecule has 28 heavy (non-hydrogen) atoms. The highest BCUT2D eigenvalue weighted by Gasteiger charge is 2.31. The number of hydrogen-bond acceptors (Lipinski definition) is 7. The average Bonchev–Trinajstić information content (AvgIpc) is 3.15. The lowest BCUT2D eigenvalue weighted by Gasteiger charge is -2.23. The molecule has 0 saturated carbocycles. The molecule has 0 spiro atoms. The highest BCUT2D eigenvalue weighted by Crippen LogP contribution is 2.36. The smallest absolute Gasteiger partial charge is 0.485 e. The number of halogens is 3. The van der Waals surface area contributed by atoms with Gasteiger partial charge in [-0.2, -0.15) is 0 Å². The number of rotatable bonds is 5. The van der Waals surface area contributed by atoms with Crippen molar-refractivity contribution in [3.63, 3.8) is 0 Å². The Labute approximate surface area is 161 Å². The van der Waals surface area contributed by atoms with E-state index in [4.69, 9.17) is 13.9 Å². The second kappa shape index (κ2) is 7.63. The summed E-state index contributed by atoms with van der Waals surface area (Å²) in [7, 11) is 0. The largest absolute Gasteiger partial charge is 0.573 e. The van der Waals surface area contributed by atoms with E-state index in [-0.39, 0.29) is 12.4 Å². The van der Waals surface area contributed by atoms with Crippen molar-refractivity contribution in [3.8, 4) is 17.2 Å². The topological polar surface area (TPSA) is 66.6 Å². The number of para-hydroxylation sites is 2. The first kappa shape index (κ1) is 18.5. The van der Waals surface area contributed by atoms with Crippen LogP contribution in [-0.2, 0) is 5.75 Å². The SMILES string of the molecule is FC(F)(F)Oc1ccc(CSc2nnc(C3COc4ccccc4O3)o2)cc1. The van der Waals surface area contributed by atoms with Crippen LogP contribution in [0.3, 0.4) is 0 Å². The Kier molecular flexibility index (Phi) is 5.03. The van der Waals surface area contributed by atoms with E-state index < -0.39 is 12.5 Å². The van der Waals surface area contributed by atoms with E-state index in [2.05, 4.69) is 14.9 Å². The maximum absolute atomic E-state index is 12.2. The zero-order valence-corrected chi connectivity index (χ0v) is 15.0. The quantitative estimate of drug-likeness (QED) is 0.561. The molecule has 2 aromatic carbocycles. The van der Waals surface area contributed by atoms with E-state index in [1.807, 2.05) is 18.2 Å². The Morgan fingerprint density at radius 2 is 1.79 bits per heavy atom. The van der Waals surface area contributed by atoms with E-state index in [1.165, 1.54) is 23.9 Å². The van der Waals surface area contributed by atoms with Gasteiger partial charge in [0.25, 0.3) is 11.1 Å². The van der Waals surface area contributed by atoms with E-state index in [0.29, 0.717) is 28.4 Å². The fourth-order valence-corrected chi connectivity index (χ4v) is 3.21. The molecule has 0 aliphatic carbocycles. The van der Waals surface area contributed by atoms with E-state index >= 15 is 0 Å². The van der Waals surface area contributed by atoms with Gasteiger partial charge < -0.3 is 18.6 Å². The third-order valence-corrected chi connectivity index (χ3v) is 4.61. The van der Waals surface area contributed by atoms with Crippen LogP contribution < -0.4 is 14.2 Å². The van der Waals surface area contributed by atoms with E-state index in [0.717, 1.165) is 5.56 Å². The van der Waals surface area contributed by atoms with Gasteiger partial charge in [-0.3, -0.25) is 0 Å². The zero-order chi connectivity index (χ0) is 19.6. The van der Waals surface area contributed by atoms with Gasteiger partial charge in [-0.05, 0) is 29.8 Å². The third kappa shape index (κ3) is 4.50. The number of benzene rings is 2. The first-order valence-corrected chi connectivity index (χ1v) is 9.14. The molecule has 4 rings (SSSR count). The van der Waals surface area contributed by atoms with Gasteiger partial charge in [0, 0.05) is 5.75 Å². The molecule has 1 aliphatic heterocycles. The zero-order valence-electron chi connectivity index (χ0n) is 14.2. The summed E-state index contributed by atoms with van der Waals surface area (Å²) < 4.78 is 57.4. The van der Waals surface area contributed by atoms with Gasteiger partial charge in [0.1, 0.15) is 12.4 Å². The summed E-state index contributed by atoms with van der Waals surface area (Å²) in [5, 5.41) is 8.28. The van der Waals surface area contributed by atoms with Gasteiger partial charge in [0.05, 0.1) is 0 Å². The fraction of sp³-hybridized carbons (Fsp3) is 0.222. The van der Waals surface area contributed by atoms with Crippen molar-refractivity contribution >= 4 is 11.8 Å². The third-order valence-electron chi connectivity index (χ3n) is 3.73. The van der Waals surface area contributed by atoms with Gasteiger partial charge in [-0.1, -0.05) is 36.0 Å². The summed E-state index contributed by atoms with van der Waals surface area (Å²) in [4.78, 5) is 0. The van der Waals surface area contributed by atoms with Crippen molar-refractivity contribution in [2.75, 3.05) is 6.61 Å². The second-order valence-electron chi connectivity index (χ2n) is 5.75. The van der Waals surface area contributed by atoms with Gasteiger partial charge in [-0.15, -0.1) is 23.4 Å². The van der Waals surface area contributed by atoms with Crippen molar-refractivity contribution in [2.24, 2.45) is 0 Å². The average molecular weight is 410 g/mol. The highest BCUT2D eigenvalue weighted by molar-refractivity contribution is 7.98. The van der Waals surface area contributed by atoms with Crippen LogP contribution >= 0.6 is 11.8 Å². The first-order chi connectivity index (χ1) is 13.5. The molecule has 0 saturated heterocycles. The molecule has 0 radical (unpaired) electrons. The van der Waals surface area contributed by atoms with Crippen LogP contribution in [-0.4, -0.2) is 23.2 Å². The molecule has 1 unspecified atom stereocenters. The Hall–Kier alpha value is -2.88. The van der Waals surface area contributed by atoms with Crippen molar-refractivity contribution in [3.05, 3.63) is 60.0 Å². The Balaban J connectivity index is 1.34. The standard InChI is InChI=1S/C18H13F3N2O4S/c19-18(20,21)27-12-7-5-11(6-8-12)10-28-17-23-22-16(26-17)15-9-24-13-3-1-2-4-14(13)25-15/h1-8,15H,9-10H2. The number of alkyl halides is 3. The minimum Gasteiger partial charge on any atom is -0.485 e. The van der Waals surface area contributed by atoms with Gasteiger partial charge in [0.15, 0.2) is 11.5 Å². The molecule has 3 aromatic rings. The molecule has 2 heterocycles.